The van der Waals surface area contributed by atoms with Gasteiger partial charge in [-0.15, -0.1) is 0 Å². The van der Waals surface area contributed by atoms with Crippen molar-refractivity contribution in [3.05, 3.63) is 36.2 Å². The summed E-state index contributed by atoms with van der Waals surface area (Å²) in [6.45, 7) is -0.640. The first kappa shape index (κ1) is 12.8. The summed E-state index contributed by atoms with van der Waals surface area (Å²) in [5.74, 6) is 0. The fraction of sp³-hybridized carbons (Fsp3) is 0.333. The molecule has 18 heavy (non-hydrogen) atoms. The van der Waals surface area contributed by atoms with Crippen LogP contribution < -0.4 is 0 Å². The van der Waals surface area contributed by atoms with Gasteiger partial charge in [-0.2, -0.15) is 0 Å². The van der Waals surface area contributed by atoms with E-state index in [0.717, 1.165) is 0 Å². The number of rotatable bonds is 4. The van der Waals surface area contributed by atoms with Crippen molar-refractivity contribution in [2.75, 3.05) is 6.61 Å². The maximum absolute atomic E-state index is 9.83. The van der Waals surface area contributed by atoms with E-state index in [1.807, 2.05) is 6.07 Å². The highest BCUT2D eigenvalue weighted by molar-refractivity contribution is 5.73. The van der Waals surface area contributed by atoms with E-state index in [0.29, 0.717) is 11.0 Å². The van der Waals surface area contributed by atoms with Gasteiger partial charge >= 0.3 is 0 Å². The van der Waals surface area contributed by atoms with Gasteiger partial charge in [-0.25, -0.2) is 4.98 Å². The number of aliphatic hydroxyl groups excluding tert-OH is 4. The molecule has 0 spiro atoms. The molecule has 0 fully saturated rings. The topological polar surface area (TPSA) is 107 Å². The Morgan fingerprint density at radius 1 is 1.06 bits per heavy atom. The van der Waals surface area contributed by atoms with Crippen molar-refractivity contribution in [2.24, 2.45) is 0 Å². The summed E-state index contributed by atoms with van der Waals surface area (Å²) in [5, 5.41) is 37.4. The van der Waals surface area contributed by atoms with Crippen LogP contribution in [0.5, 0.6) is 0 Å². The largest absolute Gasteiger partial charge is 0.394 e. The van der Waals surface area contributed by atoms with E-state index in [2.05, 4.69) is 9.97 Å². The van der Waals surface area contributed by atoms with Crippen molar-refractivity contribution in [1.29, 1.82) is 0 Å². The minimum absolute atomic E-state index is 0.147. The van der Waals surface area contributed by atoms with Gasteiger partial charge in [0.1, 0.15) is 18.3 Å². The van der Waals surface area contributed by atoms with E-state index < -0.39 is 24.9 Å². The summed E-state index contributed by atoms with van der Waals surface area (Å²) in [7, 11) is 0. The predicted molar refractivity (Wildman–Crippen MR) is 63.6 cm³/mol. The quantitative estimate of drug-likeness (QED) is 0.576. The Morgan fingerprint density at radius 3 is 2.39 bits per heavy atom. The van der Waals surface area contributed by atoms with Crippen LogP contribution in [-0.2, 0) is 0 Å². The Bertz CT molecular complexity index is 534. The zero-order valence-electron chi connectivity index (χ0n) is 9.51. The average Bonchev–Trinajstić information content (AvgIpc) is 2.44. The highest BCUT2D eigenvalue weighted by Gasteiger charge is 2.26. The number of aliphatic hydroxyl groups is 4. The van der Waals surface area contributed by atoms with Gasteiger partial charge < -0.3 is 20.4 Å². The Balaban J connectivity index is 2.30. The molecule has 0 amide bonds. The number of aromatic nitrogens is 2. The molecular formula is C12H14N2O4. The van der Waals surface area contributed by atoms with Crippen LogP contribution in [0.4, 0.5) is 0 Å². The van der Waals surface area contributed by atoms with Crippen molar-refractivity contribution >= 4 is 11.0 Å². The summed E-state index contributed by atoms with van der Waals surface area (Å²) < 4.78 is 0. The molecular weight excluding hydrogens is 236 g/mol. The molecule has 1 heterocycles. The molecule has 0 saturated carbocycles. The number of hydrogen-bond donors (Lipinski definition) is 4. The van der Waals surface area contributed by atoms with Crippen molar-refractivity contribution in [1.82, 2.24) is 9.97 Å². The number of para-hydroxylation sites is 2. The second kappa shape index (κ2) is 5.36. The lowest BCUT2D eigenvalue weighted by Gasteiger charge is -2.20. The second-order valence-electron chi connectivity index (χ2n) is 3.97. The van der Waals surface area contributed by atoms with E-state index in [4.69, 9.17) is 5.11 Å². The SMILES string of the molecule is OC[C@H](O)[C@H](O)C(O)c1cnc2ccccc2n1. The van der Waals surface area contributed by atoms with Crippen LogP contribution in [0.3, 0.4) is 0 Å². The molecule has 0 radical (unpaired) electrons. The molecule has 2 rings (SSSR count). The van der Waals surface area contributed by atoms with Crippen LogP contribution >= 0.6 is 0 Å². The molecule has 6 nitrogen and oxygen atoms in total. The number of fused-ring (bicyclic) bond motifs is 1. The molecule has 6 heteroatoms. The minimum atomic E-state index is -1.51. The molecule has 96 valence electrons. The number of benzene rings is 1. The minimum Gasteiger partial charge on any atom is -0.394 e. The fourth-order valence-corrected chi connectivity index (χ4v) is 1.61. The number of nitrogens with zero attached hydrogens (tertiary/aromatic N) is 2. The van der Waals surface area contributed by atoms with E-state index in [-0.39, 0.29) is 5.69 Å². The van der Waals surface area contributed by atoms with E-state index in [9.17, 15) is 15.3 Å². The molecule has 0 aliphatic heterocycles. The predicted octanol–water partition coefficient (Wildman–Crippen LogP) is -0.623. The van der Waals surface area contributed by atoms with Gasteiger partial charge in [0.05, 0.1) is 29.5 Å². The van der Waals surface area contributed by atoms with Gasteiger partial charge in [-0.3, -0.25) is 4.98 Å². The summed E-state index contributed by atoms with van der Waals surface area (Å²) >= 11 is 0. The maximum Gasteiger partial charge on any atom is 0.126 e. The van der Waals surface area contributed by atoms with Crippen molar-refractivity contribution in [2.45, 2.75) is 18.3 Å². The van der Waals surface area contributed by atoms with Gasteiger partial charge in [-0.1, -0.05) is 12.1 Å². The Kier molecular flexibility index (Phi) is 3.83. The zero-order valence-corrected chi connectivity index (χ0v) is 9.51. The highest BCUT2D eigenvalue weighted by Crippen LogP contribution is 2.18. The van der Waals surface area contributed by atoms with E-state index in [1.165, 1.54) is 6.20 Å². The summed E-state index contributed by atoms with van der Waals surface area (Å²) in [5.41, 5.74) is 1.40. The van der Waals surface area contributed by atoms with Crippen LogP contribution in [0.25, 0.3) is 11.0 Å². The van der Waals surface area contributed by atoms with Gasteiger partial charge in [0.25, 0.3) is 0 Å². The highest BCUT2D eigenvalue weighted by atomic mass is 16.4. The summed E-state index contributed by atoms with van der Waals surface area (Å²) in [6, 6.07) is 7.11. The van der Waals surface area contributed by atoms with Crippen molar-refractivity contribution in [3.63, 3.8) is 0 Å². The number of hydrogen-bond acceptors (Lipinski definition) is 6. The first-order chi connectivity index (χ1) is 8.63. The van der Waals surface area contributed by atoms with Gasteiger partial charge in [0, 0.05) is 0 Å². The van der Waals surface area contributed by atoms with Crippen molar-refractivity contribution in [3.8, 4) is 0 Å². The normalized spacial score (nSPS) is 16.4. The molecule has 0 bridgehead atoms. The van der Waals surface area contributed by atoms with Gasteiger partial charge in [-0.05, 0) is 12.1 Å². The molecule has 1 aromatic carbocycles. The Hall–Kier alpha value is -1.60. The zero-order chi connectivity index (χ0) is 13.1. The first-order valence-corrected chi connectivity index (χ1v) is 5.50. The maximum atomic E-state index is 9.83. The van der Waals surface area contributed by atoms with E-state index >= 15 is 0 Å². The molecule has 2 aromatic rings. The lowest BCUT2D eigenvalue weighted by molar-refractivity contribution is -0.0789. The molecule has 0 aliphatic carbocycles. The lowest BCUT2D eigenvalue weighted by atomic mass is 10.1. The standard InChI is InChI=1S/C12H14N2O4/c15-6-10(16)12(18)11(17)9-5-13-7-3-1-2-4-8(7)14-9/h1-5,10-12,15-18H,6H2/t10-,11?,12-/m0/s1. The molecule has 4 N–H and O–H groups in total. The van der Waals surface area contributed by atoms with Crippen molar-refractivity contribution < 1.29 is 20.4 Å². The first-order valence-electron chi connectivity index (χ1n) is 5.50. The monoisotopic (exact) mass is 250 g/mol. The van der Waals surface area contributed by atoms with Crippen LogP contribution in [-0.4, -0.2) is 49.2 Å². The molecule has 0 saturated heterocycles. The Morgan fingerprint density at radius 2 is 1.72 bits per heavy atom. The molecule has 0 aliphatic rings. The third-order valence-electron chi connectivity index (χ3n) is 2.67. The van der Waals surface area contributed by atoms with Crippen LogP contribution in [0, 0.1) is 0 Å². The smallest absolute Gasteiger partial charge is 0.126 e. The Labute approximate surface area is 103 Å². The molecule has 1 unspecified atom stereocenters. The van der Waals surface area contributed by atoms with Crippen LogP contribution in [0.1, 0.15) is 11.8 Å². The molecule has 3 atom stereocenters. The fourth-order valence-electron chi connectivity index (χ4n) is 1.61. The molecule has 1 aromatic heterocycles. The van der Waals surface area contributed by atoms with Gasteiger partial charge in [0.15, 0.2) is 0 Å². The third kappa shape index (κ3) is 2.46. The summed E-state index contributed by atoms with van der Waals surface area (Å²) in [4.78, 5) is 8.24. The van der Waals surface area contributed by atoms with Crippen LogP contribution in [0.15, 0.2) is 30.5 Å². The summed E-state index contributed by atoms with van der Waals surface area (Å²) in [6.07, 6.45) is -3.00. The lowest BCUT2D eigenvalue weighted by Crippen LogP contribution is -2.35. The van der Waals surface area contributed by atoms with Crippen LogP contribution in [0.2, 0.25) is 0 Å². The third-order valence-corrected chi connectivity index (χ3v) is 2.67. The van der Waals surface area contributed by atoms with Gasteiger partial charge in [0.2, 0.25) is 0 Å². The average molecular weight is 250 g/mol. The van der Waals surface area contributed by atoms with E-state index in [1.54, 1.807) is 18.2 Å². The second-order valence-corrected chi connectivity index (χ2v) is 3.97.